The molecule has 0 radical (unpaired) electrons. The van der Waals surface area contributed by atoms with Crippen molar-refractivity contribution in [3.05, 3.63) is 38.7 Å². The molecule has 0 atom stereocenters. The second-order valence-electron chi connectivity index (χ2n) is 6.20. The van der Waals surface area contributed by atoms with Gasteiger partial charge in [-0.15, -0.1) is 11.3 Å². The van der Waals surface area contributed by atoms with Crippen molar-refractivity contribution in [3.63, 3.8) is 0 Å². The van der Waals surface area contributed by atoms with E-state index < -0.39 is 0 Å². The number of thiophene rings is 1. The number of methoxy groups -OCH3 is 1. The summed E-state index contributed by atoms with van der Waals surface area (Å²) >= 11 is 7.55. The SMILES string of the molecule is CCOC(=O)c1c(N=Cc2cc(Cl)cc(OC)c2O)sc2c1CCN(C)C2. The molecule has 1 aromatic heterocycles. The average Bonchev–Trinajstić information content (AvgIpc) is 2.99. The van der Waals surface area contributed by atoms with Crippen LogP contribution in [0.15, 0.2) is 17.1 Å². The van der Waals surface area contributed by atoms with Gasteiger partial charge in [0.1, 0.15) is 5.00 Å². The maximum absolute atomic E-state index is 12.5. The largest absolute Gasteiger partial charge is 0.504 e. The van der Waals surface area contributed by atoms with Crippen LogP contribution in [0, 0.1) is 0 Å². The third-order valence-electron chi connectivity index (χ3n) is 4.32. The first-order valence-electron chi connectivity index (χ1n) is 8.55. The number of aromatic hydroxyl groups is 1. The molecule has 0 saturated heterocycles. The lowest BCUT2D eigenvalue weighted by atomic mass is 10.0. The summed E-state index contributed by atoms with van der Waals surface area (Å²) in [6.07, 6.45) is 2.27. The Kier molecular flexibility index (Phi) is 6.04. The number of rotatable bonds is 5. The van der Waals surface area contributed by atoms with E-state index in [4.69, 9.17) is 21.1 Å². The number of phenols is 1. The zero-order valence-electron chi connectivity index (χ0n) is 15.4. The van der Waals surface area contributed by atoms with Gasteiger partial charge in [0, 0.05) is 40.8 Å². The molecule has 8 heteroatoms. The predicted molar refractivity (Wildman–Crippen MR) is 107 cm³/mol. The number of hydrogen-bond acceptors (Lipinski definition) is 7. The summed E-state index contributed by atoms with van der Waals surface area (Å²) in [6, 6.07) is 3.12. The molecule has 6 nitrogen and oxygen atoms in total. The highest BCUT2D eigenvalue weighted by atomic mass is 35.5. The summed E-state index contributed by atoms with van der Waals surface area (Å²) < 4.78 is 10.4. The minimum Gasteiger partial charge on any atom is -0.504 e. The van der Waals surface area contributed by atoms with Gasteiger partial charge in [0.2, 0.25) is 0 Å². The molecule has 0 spiro atoms. The van der Waals surface area contributed by atoms with E-state index in [0.717, 1.165) is 30.0 Å². The first-order chi connectivity index (χ1) is 12.9. The first-order valence-corrected chi connectivity index (χ1v) is 9.74. The fraction of sp³-hybridized carbons (Fsp3) is 0.368. The van der Waals surface area contributed by atoms with E-state index >= 15 is 0 Å². The van der Waals surface area contributed by atoms with E-state index in [9.17, 15) is 9.90 Å². The van der Waals surface area contributed by atoms with Gasteiger partial charge in [0.25, 0.3) is 0 Å². The lowest BCUT2D eigenvalue weighted by Gasteiger charge is -2.22. The number of likely N-dealkylation sites (N-methyl/N-ethyl adjacent to an activating group) is 1. The summed E-state index contributed by atoms with van der Waals surface area (Å²) in [6.45, 7) is 3.74. The molecule has 1 aromatic carbocycles. The molecule has 0 unspecified atom stereocenters. The van der Waals surface area contributed by atoms with E-state index in [1.165, 1.54) is 30.7 Å². The number of esters is 1. The van der Waals surface area contributed by atoms with Crippen LogP contribution in [0.5, 0.6) is 11.5 Å². The van der Waals surface area contributed by atoms with Crippen molar-refractivity contribution in [2.45, 2.75) is 19.9 Å². The molecule has 0 bridgehead atoms. The Morgan fingerprint density at radius 1 is 1.48 bits per heavy atom. The first kappa shape index (κ1) is 19.7. The van der Waals surface area contributed by atoms with Crippen molar-refractivity contribution in [2.24, 2.45) is 4.99 Å². The minimum absolute atomic E-state index is 0.0515. The molecule has 144 valence electrons. The second kappa shape index (κ2) is 8.29. The highest BCUT2D eigenvalue weighted by Gasteiger charge is 2.27. The number of benzene rings is 1. The molecule has 0 saturated carbocycles. The Bertz CT molecular complexity index is 894. The molecule has 1 aliphatic heterocycles. The zero-order valence-corrected chi connectivity index (χ0v) is 17.0. The number of ether oxygens (including phenoxy) is 2. The standard InChI is InChI=1S/C19H21ClN2O4S/c1-4-26-19(24)16-13-5-6-22(2)10-15(13)27-18(16)21-9-11-7-12(20)8-14(25-3)17(11)23/h7-9,23H,4-6,10H2,1-3H3. The smallest absolute Gasteiger partial charge is 0.341 e. The number of phenolic OH excluding ortho intramolecular Hbond substituents is 1. The summed E-state index contributed by atoms with van der Waals surface area (Å²) in [5.41, 5.74) is 1.95. The third kappa shape index (κ3) is 4.10. The molecule has 2 heterocycles. The van der Waals surface area contributed by atoms with E-state index in [-0.39, 0.29) is 17.5 Å². The van der Waals surface area contributed by atoms with Crippen molar-refractivity contribution < 1.29 is 19.4 Å². The molecule has 1 N–H and O–H groups in total. The number of hydrogen-bond donors (Lipinski definition) is 1. The summed E-state index contributed by atoms with van der Waals surface area (Å²) in [5, 5.41) is 11.3. The maximum atomic E-state index is 12.5. The van der Waals surface area contributed by atoms with Crippen LogP contribution in [0.1, 0.15) is 33.3 Å². The van der Waals surface area contributed by atoms with Crippen LogP contribution in [-0.2, 0) is 17.7 Å². The fourth-order valence-corrected chi connectivity index (χ4v) is 4.47. The molecule has 1 aliphatic rings. The lowest BCUT2D eigenvalue weighted by Crippen LogP contribution is -2.26. The van der Waals surface area contributed by atoms with Crippen LogP contribution in [0.4, 0.5) is 5.00 Å². The van der Waals surface area contributed by atoms with Gasteiger partial charge in [-0.1, -0.05) is 11.6 Å². The van der Waals surface area contributed by atoms with Crippen LogP contribution >= 0.6 is 22.9 Å². The third-order valence-corrected chi connectivity index (χ3v) is 5.66. The zero-order chi connectivity index (χ0) is 19.6. The van der Waals surface area contributed by atoms with Gasteiger partial charge in [-0.25, -0.2) is 9.79 Å². The average molecular weight is 409 g/mol. The highest BCUT2D eigenvalue weighted by Crippen LogP contribution is 2.40. The molecule has 3 rings (SSSR count). The van der Waals surface area contributed by atoms with Gasteiger partial charge in [-0.2, -0.15) is 0 Å². The van der Waals surface area contributed by atoms with Gasteiger partial charge in [0.15, 0.2) is 11.5 Å². The van der Waals surface area contributed by atoms with Crippen LogP contribution in [-0.4, -0.2) is 49.5 Å². The number of aliphatic imine (C=N–C) groups is 1. The van der Waals surface area contributed by atoms with Gasteiger partial charge >= 0.3 is 5.97 Å². The molecular weight excluding hydrogens is 388 g/mol. The van der Waals surface area contributed by atoms with Crippen LogP contribution in [0.25, 0.3) is 0 Å². The Labute approximate surface area is 167 Å². The van der Waals surface area contributed by atoms with Crippen LogP contribution in [0.3, 0.4) is 0 Å². The molecule has 0 amide bonds. The Balaban J connectivity index is 2.03. The molecule has 2 aromatic rings. The van der Waals surface area contributed by atoms with E-state index in [1.54, 1.807) is 13.0 Å². The Morgan fingerprint density at radius 2 is 2.26 bits per heavy atom. The number of carbonyl (C=O) groups is 1. The normalized spacial score (nSPS) is 14.4. The second-order valence-corrected chi connectivity index (χ2v) is 7.72. The van der Waals surface area contributed by atoms with Crippen molar-refractivity contribution in [1.29, 1.82) is 0 Å². The number of nitrogens with zero attached hydrogens (tertiary/aromatic N) is 2. The number of halogens is 1. The minimum atomic E-state index is -0.361. The highest BCUT2D eigenvalue weighted by molar-refractivity contribution is 7.16. The quantitative estimate of drug-likeness (QED) is 0.597. The topological polar surface area (TPSA) is 71.4 Å². The van der Waals surface area contributed by atoms with Gasteiger partial charge < -0.3 is 19.5 Å². The predicted octanol–water partition coefficient (Wildman–Crippen LogP) is 4.03. The monoisotopic (exact) mass is 408 g/mol. The molecule has 0 aliphatic carbocycles. The van der Waals surface area contributed by atoms with Crippen molar-refractivity contribution >= 4 is 40.1 Å². The maximum Gasteiger partial charge on any atom is 0.341 e. The van der Waals surface area contributed by atoms with Gasteiger partial charge in [-0.05, 0) is 32.0 Å². The number of carbonyl (C=O) groups excluding carboxylic acids is 1. The Hall–Kier alpha value is -2.09. The van der Waals surface area contributed by atoms with Gasteiger partial charge in [-0.3, -0.25) is 0 Å². The lowest BCUT2D eigenvalue weighted by molar-refractivity contribution is 0.0526. The summed E-state index contributed by atoms with van der Waals surface area (Å²) in [4.78, 5) is 20.3. The van der Waals surface area contributed by atoms with E-state index in [2.05, 4.69) is 9.89 Å². The van der Waals surface area contributed by atoms with Gasteiger partial charge in [0.05, 0.1) is 19.3 Å². The molecule has 27 heavy (non-hydrogen) atoms. The fourth-order valence-electron chi connectivity index (χ4n) is 3.00. The van der Waals surface area contributed by atoms with E-state index in [0.29, 0.717) is 27.8 Å². The van der Waals surface area contributed by atoms with Crippen molar-refractivity contribution in [1.82, 2.24) is 4.90 Å². The van der Waals surface area contributed by atoms with E-state index in [1.807, 2.05) is 7.05 Å². The summed E-state index contributed by atoms with van der Waals surface area (Å²) in [7, 11) is 3.50. The summed E-state index contributed by atoms with van der Waals surface area (Å²) in [5.74, 6) is -0.148. The molecular formula is C19H21ClN2O4S. The Morgan fingerprint density at radius 3 is 2.96 bits per heavy atom. The van der Waals surface area contributed by atoms with Crippen LogP contribution in [0.2, 0.25) is 5.02 Å². The van der Waals surface area contributed by atoms with Crippen LogP contribution < -0.4 is 4.74 Å². The van der Waals surface area contributed by atoms with Crippen molar-refractivity contribution in [2.75, 3.05) is 27.3 Å². The molecule has 0 fully saturated rings. The number of fused-ring (bicyclic) bond motifs is 1. The van der Waals surface area contributed by atoms with Crippen molar-refractivity contribution in [3.8, 4) is 11.5 Å².